The highest BCUT2D eigenvalue weighted by Gasteiger charge is 2.38. The Morgan fingerprint density at radius 3 is 2.04 bits per heavy atom. The van der Waals surface area contributed by atoms with Crippen molar-refractivity contribution in [1.29, 1.82) is 0 Å². The van der Waals surface area contributed by atoms with E-state index in [9.17, 15) is 9.59 Å². The quantitative estimate of drug-likeness (QED) is 0.802. The maximum atomic E-state index is 12.9. The maximum Gasteiger partial charge on any atom is 0.219 e. The van der Waals surface area contributed by atoms with Gasteiger partial charge in [0, 0.05) is 38.3 Å². The second-order valence-electron chi connectivity index (χ2n) is 7.16. The summed E-state index contributed by atoms with van der Waals surface area (Å²) in [6, 6.07) is 17.0. The van der Waals surface area contributed by atoms with Crippen LogP contribution in [0, 0.1) is 5.92 Å². The topological polar surface area (TPSA) is 37.4 Å². The first-order valence-electron chi connectivity index (χ1n) is 9.09. The smallest absolute Gasteiger partial charge is 0.219 e. The summed E-state index contributed by atoms with van der Waals surface area (Å²) in [6.45, 7) is 2.68. The number of Topliss-reactive ketones (excluding diaryl/α,β-unsaturated/α-hetero) is 1. The molecule has 1 atom stereocenters. The summed E-state index contributed by atoms with van der Waals surface area (Å²) in [5.41, 5.74) is 5.18. The second-order valence-corrected chi connectivity index (χ2v) is 7.16. The van der Waals surface area contributed by atoms with Gasteiger partial charge in [0.15, 0.2) is 0 Å². The molecule has 4 rings (SSSR count). The molecule has 0 N–H and O–H groups in total. The molecule has 2 aromatic rings. The summed E-state index contributed by atoms with van der Waals surface area (Å²) < 4.78 is 0. The molecule has 2 aromatic carbocycles. The number of rotatable bonds is 1. The van der Waals surface area contributed by atoms with Gasteiger partial charge in [0.2, 0.25) is 5.91 Å². The van der Waals surface area contributed by atoms with Crippen LogP contribution in [0.1, 0.15) is 41.5 Å². The second kappa shape index (κ2) is 6.47. The van der Waals surface area contributed by atoms with E-state index in [1.807, 2.05) is 4.90 Å². The van der Waals surface area contributed by atoms with Gasteiger partial charge >= 0.3 is 0 Å². The number of ketones is 1. The Morgan fingerprint density at radius 1 is 0.920 bits per heavy atom. The minimum absolute atomic E-state index is 0.0459. The lowest BCUT2D eigenvalue weighted by Crippen LogP contribution is -2.45. The average Bonchev–Trinajstić information content (AvgIpc) is 2.79. The number of amides is 1. The normalized spacial score (nSPS) is 20.6. The van der Waals surface area contributed by atoms with Crippen molar-refractivity contribution in [3.63, 3.8) is 0 Å². The van der Waals surface area contributed by atoms with E-state index in [4.69, 9.17) is 0 Å². The molecule has 2 aliphatic rings. The number of nitrogens with zero attached hydrogens (tertiary/aromatic N) is 1. The van der Waals surface area contributed by atoms with Gasteiger partial charge in [-0.25, -0.2) is 0 Å². The fraction of sp³-hybridized carbons (Fsp3) is 0.364. The lowest BCUT2D eigenvalue weighted by Gasteiger charge is -2.36. The Bertz CT molecular complexity index is 779. The van der Waals surface area contributed by atoms with Crippen molar-refractivity contribution in [2.24, 2.45) is 5.92 Å². The molecule has 1 heterocycles. The largest absolute Gasteiger partial charge is 0.342 e. The molecule has 25 heavy (non-hydrogen) atoms. The molecule has 3 nitrogen and oxygen atoms in total. The van der Waals surface area contributed by atoms with E-state index >= 15 is 0 Å². The third kappa shape index (κ3) is 2.88. The number of hydrogen-bond donors (Lipinski definition) is 0. The molecule has 0 radical (unpaired) electrons. The number of carbonyl (C=O) groups excluding carboxylic acids is 2. The van der Waals surface area contributed by atoms with Crippen LogP contribution in [0.3, 0.4) is 0 Å². The van der Waals surface area contributed by atoms with Crippen LogP contribution in [0.25, 0.3) is 0 Å². The molecule has 1 unspecified atom stereocenters. The monoisotopic (exact) mass is 333 g/mol. The summed E-state index contributed by atoms with van der Waals surface area (Å²) in [5.74, 6) is 0.240. The Balaban J connectivity index is 1.84. The Morgan fingerprint density at radius 2 is 1.48 bits per heavy atom. The Hall–Kier alpha value is -2.42. The van der Waals surface area contributed by atoms with E-state index in [1.54, 1.807) is 6.92 Å². The molecule has 128 valence electrons. The van der Waals surface area contributed by atoms with Crippen molar-refractivity contribution in [2.45, 2.75) is 32.1 Å². The highest BCUT2D eigenvalue weighted by atomic mass is 16.2. The van der Waals surface area contributed by atoms with Gasteiger partial charge in [-0.15, -0.1) is 0 Å². The first-order valence-corrected chi connectivity index (χ1v) is 9.09. The maximum absolute atomic E-state index is 12.9. The summed E-state index contributed by atoms with van der Waals surface area (Å²) in [5, 5.41) is 0. The van der Waals surface area contributed by atoms with Gasteiger partial charge in [-0.2, -0.15) is 0 Å². The van der Waals surface area contributed by atoms with Crippen LogP contribution in [0.5, 0.6) is 0 Å². The highest BCUT2D eigenvalue weighted by molar-refractivity contribution is 5.86. The van der Waals surface area contributed by atoms with Crippen molar-refractivity contribution in [3.05, 3.63) is 70.8 Å². The fourth-order valence-corrected chi connectivity index (χ4v) is 4.44. The van der Waals surface area contributed by atoms with Crippen LogP contribution in [0.15, 0.2) is 48.5 Å². The highest BCUT2D eigenvalue weighted by Crippen LogP contribution is 2.41. The number of aryl methyl sites for hydroxylation is 2. The van der Waals surface area contributed by atoms with Gasteiger partial charge in [0.05, 0.1) is 0 Å². The van der Waals surface area contributed by atoms with Crippen LogP contribution in [-0.2, 0) is 22.4 Å². The molecular weight excluding hydrogens is 310 g/mol. The first-order chi connectivity index (χ1) is 12.1. The molecule has 0 saturated carbocycles. The number of benzene rings is 2. The van der Waals surface area contributed by atoms with E-state index < -0.39 is 0 Å². The molecule has 1 aliphatic carbocycles. The fourth-order valence-electron chi connectivity index (χ4n) is 4.44. The number of piperidine rings is 1. The molecule has 0 aromatic heterocycles. The van der Waals surface area contributed by atoms with Crippen molar-refractivity contribution in [1.82, 2.24) is 4.90 Å². The van der Waals surface area contributed by atoms with Crippen LogP contribution < -0.4 is 0 Å². The third-order valence-electron chi connectivity index (χ3n) is 5.75. The van der Waals surface area contributed by atoms with Crippen LogP contribution in [0.2, 0.25) is 0 Å². The Labute approximate surface area is 148 Å². The van der Waals surface area contributed by atoms with E-state index in [2.05, 4.69) is 48.5 Å². The average molecular weight is 333 g/mol. The summed E-state index contributed by atoms with van der Waals surface area (Å²) in [4.78, 5) is 26.6. The first kappa shape index (κ1) is 16.1. The third-order valence-corrected chi connectivity index (χ3v) is 5.75. The van der Waals surface area contributed by atoms with Gasteiger partial charge in [-0.1, -0.05) is 48.5 Å². The molecule has 3 heteroatoms. The molecule has 1 saturated heterocycles. The lowest BCUT2D eigenvalue weighted by atomic mass is 9.75. The van der Waals surface area contributed by atoms with Gasteiger partial charge < -0.3 is 4.90 Å². The standard InChI is InChI=1S/C22H23NO2/c1-15(24)23-13-12-21(25)20(14-23)22-18-8-4-2-6-16(18)10-11-17-7-3-5-9-19(17)22/h2-9,20,22H,10-14H2,1H3. The van der Waals surface area contributed by atoms with Gasteiger partial charge in [-0.05, 0) is 35.1 Å². The predicted molar refractivity (Wildman–Crippen MR) is 97.5 cm³/mol. The van der Waals surface area contributed by atoms with E-state index in [1.165, 1.54) is 22.3 Å². The molecule has 0 bridgehead atoms. The minimum atomic E-state index is -0.155. The number of carbonyl (C=O) groups is 2. The summed E-state index contributed by atoms with van der Waals surface area (Å²) in [6.07, 6.45) is 2.47. The van der Waals surface area contributed by atoms with Gasteiger partial charge in [-0.3, -0.25) is 9.59 Å². The number of fused-ring (bicyclic) bond motifs is 2. The number of hydrogen-bond acceptors (Lipinski definition) is 2. The molecular formula is C22H23NO2. The molecule has 1 aliphatic heterocycles. The summed E-state index contributed by atoms with van der Waals surface area (Å²) in [7, 11) is 0. The molecule has 1 fully saturated rings. The SMILES string of the molecule is CC(=O)N1CCC(=O)C(C2c3ccccc3CCc3ccccc32)C1. The zero-order valence-corrected chi connectivity index (χ0v) is 14.6. The van der Waals surface area contributed by atoms with Crippen molar-refractivity contribution >= 4 is 11.7 Å². The van der Waals surface area contributed by atoms with Crippen molar-refractivity contribution in [2.75, 3.05) is 13.1 Å². The van der Waals surface area contributed by atoms with Crippen LogP contribution in [0.4, 0.5) is 0 Å². The number of likely N-dealkylation sites (tertiary alicyclic amines) is 1. The van der Waals surface area contributed by atoms with Crippen molar-refractivity contribution in [3.8, 4) is 0 Å². The molecule has 0 spiro atoms. The van der Waals surface area contributed by atoms with E-state index in [0.29, 0.717) is 19.5 Å². The van der Waals surface area contributed by atoms with E-state index in [0.717, 1.165) is 12.8 Å². The van der Waals surface area contributed by atoms with Crippen LogP contribution in [-0.4, -0.2) is 29.7 Å². The molecule has 1 amide bonds. The van der Waals surface area contributed by atoms with Gasteiger partial charge in [0.25, 0.3) is 0 Å². The van der Waals surface area contributed by atoms with E-state index in [-0.39, 0.29) is 23.5 Å². The summed E-state index contributed by atoms with van der Waals surface area (Å²) >= 11 is 0. The lowest BCUT2D eigenvalue weighted by molar-refractivity contribution is -0.135. The predicted octanol–water partition coefficient (Wildman–Crippen LogP) is 3.35. The zero-order chi connectivity index (χ0) is 17.4. The Kier molecular flexibility index (Phi) is 4.16. The van der Waals surface area contributed by atoms with Gasteiger partial charge in [0.1, 0.15) is 5.78 Å². The minimum Gasteiger partial charge on any atom is -0.342 e. The zero-order valence-electron chi connectivity index (χ0n) is 14.6. The van der Waals surface area contributed by atoms with Crippen LogP contribution >= 0.6 is 0 Å². The van der Waals surface area contributed by atoms with Crippen molar-refractivity contribution < 1.29 is 9.59 Å².